The summed E-state index contributed by atoms with van der Waals surface area (Å²) in [7, 11) is 0. The highest BCUT2D eigenvalue weighted by molar-refractivity contribution is 6.33. The molecular formula is C15H12ClF4N. The van der Waals surface area contributed by atoms with Crippen molar-refractivity contribution in [2.45, 2.75) is 19.6 Å². The third-order valence-electron chi connectivity index (χ3n) is 2.94. The molecule has 0 saturated heterocycles. The van der Waals surface area contributed by atoms with Crippen molar-refractivity contribution in [3.8, 4) is 0 Å². The Balaban J connectivity index is 2.17. The molecule has 2 rings (SSSR count). The number of nitrogens with one attached hydrogen (secondary N) is 1. The zero-order valence-corrected chi connectivity index (χ0v) is 11.8. The summed E-state index contributed by atoms with van der Waals surface area (Å²) in [6, 6.07) is 8.24. The molecule has 0 atom stereocenters. The Morgan fingerprint density at radius 1 is 1.10 bits per heavy atom. The van der Waals surface area contributed by atoms with Gasteiger partial charge in [-0.15, -0.1) is 0 Å². The SMILES string of the molecule is Cc1ccc(NCc2ccc(F)c(C(F)(F)F)c2)c(Cl)c1. The fraction of sp³-hybridized carbons (Fsp3) is 0.200. The Labute approximate surface area is 124 Å². The smallest absolute Gasteiger partial charge is 0.380 e. The molecule has 0 spiro atoms. The number of benzene rings is 2. The van der Waals surface area contributed by atoms with Crippen molar-refractivity contribution in [2.24, 2.45) is 0 Å². The minimum absolute atomic E-state index is 0.117. The zero-order chi connectivity index (χ0) is 15.6. The number of aryl methyl sites for hydroxylation is 1. The van der Waals surface area contributed by atoms with Crippen molar-refractivity contribution in [1.29, 1.82) is 0 Å². The first-order valence-electron chi connectivity index (χ1n) is 6.13. The largest absolute Gasteiger partial charge is 0.419 e. The molecule has 0 heterocycles. The van der Waals surface area contributed by atoms with Crippen molar-refractivity contribution in [1.82, 2.24) is 0 Å². The molecule has 0 radical (unpaired) electrons. The Kier molecular flexibility index (Phi) is 4.42. The minimum atomic E-state index is -4.71. The molecule has 0 aliphatic rings. The van der Waals surface area contributed by atoms with Gasteiger partial charge in [0.15, 0.2) is 0 Å². The first-order valence-corrected chi connectivity index (χ1v) is 6.51. The Bertz CT molecular complexity index is 653. The Morgan fingerprint density at radius 2 is 1.81 bits per heavy atom. The van der Waals surface area contributed by atoms with E-state index < -0.39 is 17.6 Å². The molecule has 1 N–H and O–H groups in total. The molecule has 0 fully saturated rings. The number of hydrogen-bond donors (Lipinski definition) is 1. The summed E-state index contributed by atoms with van der Waals surface area (Å²) in [6.07, 6.45) is -4.71. The number of rotatable bonds is 3. The summed E-state index contributed by atoms with van der Waals surface area (Å²) in [5.74, 6) is -1.28. The molecule has 0 bridgehead atoms. The van der Waals surface area contributed by atoms with E-state index in [9.17, 15) is 17.6 Å². The molecule has 2 aromatic rings. The van der Waals surface area contributed by atoms with Crippen molar-refractivity contribution < 1.29 is 17.6 Å². The minimum Gasteiger partial charge on any atom is -0.380 e. The summed E-state index contributed by atoms with van der Waals surface area (Å²) in [5.41, 5.74) is 0.643. The van der Waals surface area contributed by atoms with E-state index in [-0.39, 0.29) is 6.54 Å². The third-order valence-corrected chi connectivity index (χ3v) is 3.26. The summed E-state index contributed by atoms with van der Waals surface area (Å²) in [5, 5.41) is 3.41. The van der Waals surface area contributed by atoms with E-state index >= 15 is 0 Å². The van der Waals surface area contributed by atoms with Gasteiger partial charge in [0, 0.05) is 6.54 Å². The summed E-state index contributed by atoms with van der Waals surface area (Å²) >= 11 is 6.02. The van der Waals surface area contributed by atoms with E-state index in [4.69, 9.17) is 11.6 Å². The molecule has 2 aromatic carbocycles. The summed E-state index contributed by atoms with van der Waals surface area (Å²) < 4.78 is 51.0. The van der Waals surface area contributed by atoms with Gasteiger partial charge in [-0.2, -0.15) is 13.2 Å². The van der Waals surface area contributed by atoms with Crippen LogP contribution >= 0.6 is 11.6 Å². The molecule has 0 aliphatic carbocycles. The first-order chi connectivity index (χ1) is 9.77. The lowest BCUT2D eigenvalue weighted by Gasteiger charge is -2.12. The van der Waals surface area contributed by atoms with E-state index in [1.54, 1.807) is 12.1 Å². The highest BCUT2D eigenvalue weighted by atomic mass is 35.5. The average Bonchev–Trinajstić information content (AvgIpc) is 2.38. The predicted molar refractivity (Wildman–Crippen MR) is 74.9 cm³/mol. The summed E-state index contributed by atoms with van der Waals surface area (Å²) in [6.45, 7) is 2.00. The molecule has 0 aromatic heterocycles. The molecule has 0 amide bonds. The topological polar surface area (TPSA) is 12.0 Å². The first kappa shape index (κ1) is 15.6. The van der Waals surface area contributed by atoms with Crippen molar-refractivity contribution >= 4 is 17.3 Å². The second-order valence-electron chi connectivity index (χ2n) is 4.65. The normalized spacial score (nSPS) is 11.5. The van der Waals surface area contributed by atoms with Crippen LogP contribution < -0.4 is 5.32 Å². The molecular weight excluding hydrogens is 306 g/mol. The van der Waals surface area contributed by atoms with Crippen LogP contribution in [0.15, 0.2) is 36.4 Å². The molecule has 0 saturated carbocycles. The van der Waals surface area contributed by atoms with Gasteiger partial charge in [-0.05, 0) is 42.3 Å². The predicted octanol–water partition coefficient (Wildman–Crippen LogP) is 5.42. The van der Waals surface area contributed by atoms with Crippen LogP contribution in [0.1, 0.15) is 16.7 Å². The van der Waals surface area contributed by atoms with Crippen LogP contribution in [0.2, 0.25) is 5.02 Å². The lowest BCUT2D eigenvalue weighted by molar-refractivity contribution is -0.140. The maximum Gasteiger partial charge on any atom is 0.419 e. The number of hydrogen-bond acceptors (Lipinski definition) is 1. The fourth-order valence-electron chi connectivity index (χ4n) is 1.86. The number of halogens is 5. The van der Waals surface area contributed by atoms with Gasteiger partial charge in [-0.25, -0.2) is 4.39 Å². The van der Waals surface area contributed by atoms with Crippen molar-refractivity contribution in [3.05, 3.63) is 63.9 Å². The lowest BCUT2D eigenvalue weighted by atomic mass is 10.1. The molecule has 21 heavy (non-hydrogen) atoms. The second-order valence-corrected chi connectivity index (χ2v) is 5.06. The van der Waals surface area contributed by atoms with Gasteiger partial charge in [-0.3, -0.25) is 0 Å². The molecule has 112 valence electrons. The third kappa shape index (κ3) is 3.88. The van der Waals surface area contributed by atoms with Gasteiger partial charge < -0.3 is 5.32 Å². The van der Waals surface area contributed by atoms with Crippen LogP contribution in [0.5, 0.6) is 0 Å². The van der Waals surface area contributed by atoms with E-state index in [2.05, 4.69) is 5.32 Å². The number of alkyl halides is 3. The molecule has 6 heteroatoms. The lowest BCUT2D eigenvalue weighted by Crippen LogP contribution is -2.10. The highest BCUT2D eigenvalue weighted by Crippen LogP contribution is 2.32. The van der Waals surface area contributed by atoms with Gasteiger partial charge >= 0.3 is 6.18 Å². The number of anilines is 1. The van der Waals surface area contributed by atoms with E-state index in [0.29, 0.717) is 16.3 Å². The van der Waals surface area contributed by atoms with Gasteiger partial charge in [0.1, 0.15) is 5.82 Å². The Morgan fingerprint density at radius 3 is 2.43 bits per heavy atom. The van der Waals surface area contributed by atoms with Gasteiger partial charge in [0.05, 0.1) is 16.3 Å². The molecule has 1 nitrogen and oxygen atoms in total. The van der Waals surface area contributed by atoms with Crippen molar-refractivity contribution in [2.75, 3.05) is 5.32 Å². The average molecular weight is 318 g/mol. The quantitative estimate of drug-likeness (QED) is 0.745. The van der Waals surface area contributed by atoms with Crippen LogP contribution in [-0.4, -0.2) is 0 Å². The maximum absolute atomic E-state index is 13.2. The van der Waals surface area contributed by atoms with Crippen LogP contribution in [0.3, 0.4) is 0 Å². The highest BCUT2D eigenvalue weighted by Gasteiger charge is 2.34. The van der Waals surface area contributed by atoms with Crippen LogP contribution in [0.25, 0.3) is 0 Å². The monoisotopic (exact) mass is 317 g/mol. The fourth-order valence-corrected chi connectivity index (χ4v) is 2.16. The van der Waals surface area contributed by atoms with E-state index in [1.807, 2.05) is 13.0 Å². The zero-order valence-electron chi connectivity index (χ0n) is 11.1. The van der Waals surface area contributed by atoms with Crippen LogP contribution in [-0.2, 0) is 12.7 Å². The van der Waals surface area contributed by atoms with Gasteiger partial charge in [-0.1, -0.05) is 23.7 Å². The van der Waals surface area contributed by atoms with Crippen LogP contribution in [0.4, 0.5) is 23.2 Å². The standard InChI is InChI=1S/C15H12ClF4N/c1-9-2-5-14(12(16)6-9)21-8-10-3-4-13(17)11(7-10)15(18,19)20/h2-7,21H,8H2,1H3. The van der Waals surface area contributed by atoms with Crippen LogP contribution in [0, 0.1) is 12.7 Å². The maximum atomic E-state index is 13.2. The molecule has 0 unspecified atom stereocenters. The van der Waals surface area contributed by atoms with Crippen molar-refractivity contribution in [3.63, 3.8) is 0 Å². The van der Waals surface area contributed by atoms with Gasteiger partial charge in [0.25, 0.3) is 0 Å². The second kappa shape index (κ2) is 5.93. The van der Waals surface area contributed by atoms with Gasteiger partial charge in [0.2, 0.25) is 0 Å². The molecule has 0 aliphatic heterocycles. The Hall–Kier alpha value is -1.75. The van der Waals surface area contributed by atoms with E-state index in [0.717, 1.165) is 17.7 Å². The summed E-state index contributed by atoms with van der Waals surface area (Å²) in [4.78, 5) is 0. The van der Waals surface area contributed by atoms with E-state index in [1.165, 1.54) is 6.07 Å².